The second-order valence-corrected chi connectivity index (χ2v) is 4.16. The Morgan fingerprint density at radius 3 is 2.75 bits per heavy atom. The predicted octanol–water partition coefficient (Wildman–Crippen LogP) is 3.25. The number of hydrogen-bond donors (Lipinski definition) is 2. The number of rotatable bonds is 6. The molecule has 3 N–H and O–H groups in total. The van der Waals surface area contributed by atoms with Crippen molar-refractivity contribution in [3.63, 3.8) is 0 Å². The van der Waals surface area contributed by atoms with E-state index in [1.54, 1.807) is 6.07 Å². The number of nitrogen functional groups attached to an aromatic ring is 1. The molecule has 0 aliphatic heterocycles. The van der Waals surface area contributed by atoms with Gasteiger partial charge in [0.1, 0.15) is 5.82 Å². The van der Waals surface area contributed by atoms with Gasteiger partial charge in [0.25, 0.3) is 0 Å². The van der Waals surface area contributed by atoms with Crippen LogP contribution in [0.2, 0.25) is 0 Å². The Morgan fingerprint density at radius 2 is 2.12 bits per heavy atom. The number of benzene rings is 1. The van der Waals surface area contributed by atoms with E-state index in [0.29, 0.717) is 0 Å². The zero-order valence-corrected chi connectivity index (χ0v) is 10.1. The third-order valence-electron chi connectivity index (χ3n) is 2.76. The van der Waals surface area contributed by atoms with Crippen LogP contribution >= 0.6 is 0 Å². The Labute approximate surface area is 97.0 Å². The Bertz CT molecular complexity index is 326. The highest BCUT2D eigenvalue weighted by atomic mass is 19.1. The second kappa shape index (κ2) is 6.48. The van der Waals surface area contributed by atoms with Crippen LogP contribution in [-0.2, 0) is 0 Å². The van der Waals surface area contributed by atoms with Crippen LogP contribution in [0.15, 0.2) is 18.2 Å². The topological polar surface area (TPSA) is 38.0 Å². The third-order valence-corrected chi connectivity index (χ3v) is 2.76. The first-order valence-corrected chi connectivity index (χ1v) is 5.93. The predicted molar refractivity (Wildman–Crippen MR) is 66.8 cm³/mol. The minimum atomic E-state index is -0.334. The highest BCUT2D eigenvalue weighted by molar-refractivity contribution is 5.41. The van der Waals surface area contributed by atoms with Crippen molar-refractivity contribution in [2.75, 3.05) is 12.3 Å². The molecule has 0 fully saturated rings. The zero-order chi connectivity index (χ0) is 12.0. The van der Waals surface area contributed by atoms with Crippen LogP contribution in [0.4, 0.5) is 10.1 Å². The molecule has 1 aromatic carbocycles. The number of unbranched alkanes of at least 4 members (excludes halogenated alkanes) is 2. The quantitative estimate of drug-likeness (QED) is 0.575. The smallest absolute Gasteiger partial charge is 0.146 e. The first-order chi connectivity index (χ1) is 7.65. The first kappa shape index (κ1) is 13.0. The summed E-state index contributed by atoms with van der Waals surface area (Å²) in [4.78, 5) is 0. The van der Waals surface area contributed by atoms with Crippen molar-refractivity contribution in [3.8, 4) is 0 Å². The Morgan fingerprint density at radius 1 is 1.38 bits per heavy atom. The van der Waals surface area contributed by atoms with Gasteiger partial charge in [0.2, 0.25) is 0 Å². The molecular weight excluding hydrogens is 203 g/mol. The monoisotopic (exact) mass is 224 g/mol. The van der Waals surface area contributed by atoms with Crippen molar-refractivity contribution in [3.05, 3.63) is 29.6 Å². The van der Waals surface area contributed by atoms with Crippen molar-refractivity contribution in [1.29, 1.82) is 0 Å². The van der Waals surface area contributed by atoms with Gasteiger partial charge in [-0.15, -0.1) is 0 Å². The number of nitrogens with one attached hydrogen (secondary N) is 1. The van der Waals surface area contributed by atoms with Gasteiger partial charge in [0.05, 0.1) is 5.69 Å². The Hall–Kier alpha value is -1.09. The number of anilines is 1. The van der Waals surface area contributed by atoms with E-state index in [1.165, 1.54) is 18.9 Å². The van der Waals surface area contributed by atoms with Crippen molar-refractivity contribution in [2.24, 2.45) is 0 Å². The van der Waals surface area contributed by atoms with E-state index in [0.717, 1.165) is 18.5 Å². The normalized spacial score (nSPS) is 12.7. The molecule has 3 heteroatoms. The van der Waals surface area contributed by atoms with E-state index in [1.807, 2.05) is 13.0 Å². The van der Waals surface area contributed by atoms with E-state index in [9.17, 15) is 4.39 Å². The van der Waals surface area contributed by atoms with E-state index in [-0.39, 0.29) is 17.5 Å². The van der Waals surface area contributed by atoms with Gasteiger partial charge >= 0.3 is 0 Å². The van der Waals surface area contributed by atoms with Crippen LogP contribution in [0.25, 0.3) is 0 Å². The molecule has 0 saturated heterocycles. The summed E-state index contributed by atoms with van der Waals surface area (Å²) in [5, 5.41) is 3.37. The van der Waals surface area contributed by atoms with Crippen molar-refractivity contribution >= 4 is 5.69 Å². The van der Waals surface area contributed by atoms with Gasteiger partial charge in [-0.05, 0) is 37.6 Å². The summed E-state index contributed by atoms with van der Waals surface area (Å²) in [6.45, 7) is 5.19. The van der Waals surface area contributed by atoms with Gasteiger partial charge in [0, 0.05) is 6.04 Å². The maximum atomic E-state index is 13.2. The summed E-state index contributed by atoms with van der Waals surface area (Å²) in [6, 6.07) is 5.17. The molecule has 0 amide bonds. The highest BCUT2D eigenvalue weighted by Crippen LogP contribution is 2.17. The van der Waals surface area contributed by atoms with Gasteiger partial charge in [-0.25, -0.2) is 4.39 Å². The van der Waals surface area contributed by atoms with E-state index < -0.39 is 0 Å². The van der Waals surface area contributed by atoms with Crippen LogP contribution in [0.1, 0.15) is 44.7 Å². The standard InChI is InChI=1S/C13H21FN2/c1-3-4-5-8-16-10(2)11-6-7-13(15)12(14)9-11/h6-7,9-10,16H,3-5,8,15H2,1-2H3/t10-/m1/s1. The minimum absolute atomic E-state index is 0.173. The number of halogens is 1. The van der Waals surface area contributed by atoms with Crippen LogP contribution in [0, 0.1) is 5.82 Å². The summed E-state index contributed by atoms with van der Waals surface area (Å²) < 4.78 is 13.2. The molecule has 2 nitrogen and oxygen atoms in total. The van der Waals surface area contributed by atoms with Crippen molar-refractivity contribution in [1.82, 2.24) is 5.32 Å². The summed E-state index contributed by atoms with van der Waals surface area (Å²) in [5.41, 5.74) is 6.59. The molecule has 0 bridgehead atoms. The molecule has 0 heterocycles. The van der Waals surface area contributed by atoms with Gasteiger partial charge in [-0.2, -0.15) is 0 Å². The van der Waals surface area contributed by atoms with Crippen molar-refractivity contribution in [2.45, 2.75) is 39.2 Å². The number of nitrogens with two attached hydrogens (primary N) is 1. The fourth-order valence-electron chi connectivity index (χ4n) is 1.62. The Balaban J connectivity index is 2.46. The molecule has 0 aromatic heterocycles. The van der Waals surface area contributed by atoms with Gasteiger partial charge in [-0.3, -0.25) is 0 Å². The summed E-state index contributed by atoms with van der Waals surface area (Å²) in [6.07, 6.45) is 3.61. The summed E-state index contributed by atoms with van der Waals surface area (Å²) >= 11 is 0. The molecule has 1 rings (SSSR count). The lowest BCUT2D eigenvalue weighted by Crippen LogP contribution is -2.20. The zero-order valence-electron chi connectivity index (χ0n) is 10.1. The average molecular weight is 224 g/mol. The fourth-order valence-corrected chi connectivity index (χ4v) is 1.62. The van der Waals surface area contributed by atoms with Crippen LogP contribution < -0.4 is 11.1 Å². The maximum Gasteiger partial charge on any atom is 0.146 e. The fraction of sp³-hybridized carbons (Fsp3) is 0.538. The maximum absolute atomic E-state index is 13.2. The second-order valence-electron chi connectivity index (χ2n) is 4.16. The van der Waals surface area contributed by atoms with Crippen LogP contribution in [-0.4, -0.2) is 6.54 Å². The Kier molecular flexibility index (Phi) is 5.26. The first-order valence-electron chi connectivity index (χ1n) is 5.93. The molecule has 0 saturated carbocycles. The van der Waals surface area contributed by atoms with E-state index >= 15 is 0 Å². The molecule has 1 atom stereocenters. The lowest BCUT2D eigenvalue weighted by molar-refractivity contribution is 0.539. The molecule has 16 heavy (non-hydrogen) atoms. The minimum Gasteiger partial charge on any atom is -0.396 e. The van der Waals surface area contributed by atoms with Crippen LogP contribution in [0.3, 0.4) is 0 Å². The van der Waals surface area contributed by atoms with E-state index in [4.69, 9.17) is 5.73 Å². The molecule has 0 radical (unpaired) electrons. The van der Waals surface area contributed by atoms with Crippen LogP contribution in [0.5, 0.6) is 0 Å². The molecular formula is C13H21FN2. The van der Waals surface area contributed by atoms with Gasteiger partial charge in [-0.1, -0.05) is 25.8 Å². The SMILES string of the molecule is CCCCCN[C@H](C)c1ccc(N)c(F)c1. The van der Waals surface area contributed by atoms with Crippen molar-refractivity contribution < 1.29 is 4.39 Å². The average Bonchev–Trinajstić information content (AvgIpc) is 2.28. The largest absolute Gasteiger partial charge is 0.396 e. The molecule has 0 spiro atoms. The molecule has 0 aliphatic carbocycles. The molecule has 90 valence electrons. The summed E-state index contributed by atoms with van der Waals surface area (Å²) in [5.74, 6) is -0.334. The summed E-state index contributed by atoms with van der Waals surface area (Å²) in [7, 11) is 0. The lowest BCUT2D eigenvalue weighted by Gasteiger charge is -2.14. The third kappa shape index (κ3) is 3.81. The molecule has 0 aliphatic rings. The molecule has 0 unspecified atom stereocenters. The highest BCUT2D eigenvalue weighted by Gasteiger charge is 2.06. The molecule has 1 aromatic rings. The number of hydrogen-bond acceptors (Lipinski definition) is 2. The lowest BCUT2D eigenvalue weighted by atomic mass is 10.1. The van der Waals surface area contributed by atoms with E-state index in [2.05, 4.69) is 12.2 Å². The van der Waals surface area contributed by atoms with Gasteiger partial charge < -0.3 is 11.1 Å². The van der Waals surface area contributed by atoms with Gasteiger partial charge in [0.15, 0.2) is 0 Å².